The van der Waals surface area contributed by atoms with Crippen molar-refractivity contribution < 1.29 is 14.3 Å². The molecule has 0 aliphatic carbocycles. The molecule has 5 heteroatoms. The number of carbonyl (C=O) groups excluding carboxylic acids is 1. The number of pyridine rings is 1. The quantitative estimate of drug-likeness (QED) is 0.305. The van der Waals surface area contributed by atoms with Gasteiger partial charge in [-0.25, -0.2) is 0 Å². The second-order valence-corrected chi connectivity index (χ2v) is 7.38. The molecule has 0 fully saturated rings. The summed E-state index contributed by atoms with van der Waals surface area (Å²) in [5, 5.41) is 0.470. The van der Waals surface area contributed by atoms with E-state index in [2.05, 4.69) is 4.98 Å². The zero-order valence-corrected chi connectivity index (χ0v) is 17.5. The topological polar surface area (TPSA) is 48.4 Å². The molecule has 0 radical (unpaired) electrons. The minimum Gasteiger partial charge on any atom is -0.473 e. The van der Waals surface area contributed by atoms with E-state index in [0.29, 0.717) is 35.6 Å². The number of hydrogen-bond donors (Lipinski definition) is 0. The SMILES string of the molecule is O=Cc1cc(Cl)cc(-c2ccc(OCc3ccccc3)nc2OCc2ccccc2)c1. The molecule has 0 aliphatic heterocycles. The van der Waals surface area contributed by atoms with E-state index in [-0.39, 0.29) is 0 Å². The lowest BCUT2D eigenvalue weighted by Crippen LogP contribution is -2.02. The summed E-state index contributed by atoms with van der Waals surface area (Å²) in [6.07, 6.45) is 0.769. The van der Waals surface area contributed by atoms with Crippen molar-refractivity contribution in [3.63, 3.8) is 0 Å². The van der Waals surface area contributed by atoms with Gasteiger partial charge in [0.25, 0.3) is 0 Å². The van der Waals surface area contributed by atoms with Gasteiger partial charge in [-0.2, -0.15) is 4.98 Å². The number of halogens is 1. The average Bonchev–Trinajstić information content (AvgIpc) is 2.82. The van der Waals surface area contributed by atoms with Crippen LogP contribution in [-0.4, -0.2) is 11.3 Å². The fraction of sp³-hybridized carbons (Fsp3) is 0.0769. The second-order valence-electron chi connectivity index (χ2n) is 6.94. The van der Waals surface area contributed by atoms with Crippen molar-refractivity contribution in [3.8, 4) is 22.9 Å². The third-order valence-corrected chi connectivity index (χ3v) is 4.87. The number of aromatic nitrogens is 1. The van der Waals surface area contributed by atoms with Crippen LogP contribution < -0.4 is 9.47 Å². The molecule has 4 nitrogen and oxygen atoms in total. The molecule has 0 atom stereocenters. The summed E-state index contributed by atoms with van der Waals surface area (Å²) < 4.78 is 11.9. The van der Waals surface area contributed by atoms with Crippen molar-refractivity contribution in [2.75, 3.05) is 0 Å². The van der Waals surface area contributed by atoms with Crippen molar-refractivity contribution in [3.05, 3.63) is 113 Å². The maximum atomic E-state index is 11.3. The first-order chi connectivity index (χ1) is 15.2. The van der Waals surface area contributed by atoms with Crippen LogP contribution in [0.1, 0.15) is 21.5 Å². The summed E-state index contributed by atoms with van der Waals surface area (Å²) in [6.45, 7) is 0.752. The summed E-state index contributed by atoms with van der Waals surface area (Å²) in [6, 6.07) is 28.5. The molecule has 1 heterocycles. The van der Waals surface area contributed by atoms with Crippen LogP contribution in [0.5, 0.6) is 11.8 Å². The first-order valence-electron chi connectivity index (χ1n) is 9.82. The van der Waals surface area contributed by atoms with Gasteiger partial charge in [0.15, 0.2) is 0 Å². The van der Waals surface area contributed by atoms with Gasteiger partial charge >= 0.3 is 0 Å². The Morgan fingerprint density at radius 3 is 2.06 bits per heavy atom. The Bertz CT molecular complexity index is 1160. The fourth-order valence-electron chi connectivity index (χ4n) is 3.13. The predicted molar refractivity (Wildman–Crippen MR) is 122 cm³/mol. The lowest BCUT2D eigenvalue weighted by atomic mass is 10.0. The monoisotopic (exact) mass is 429 g/mol. The maximum Gasteiger partial charge on any atom is 0.225 e. The average molecular weight is 430 g/mol. The summed E-state index contributed by atoms with van der Waals surface area (Å²) in [4.78, 5) is 15.9. The van der Waals surface area contributed by atoms with E-state index in [0.717, 1.165) is 28.5 Å². The fourth-order valence-corrected chi connectivity index (χ4v) is 3.37. The molecule has 4 rings (SSSR count). The molecule has 0 saturated heterocycles. The van der Waals surface area contributed by atoms with Gasteiger partial charge in [0, 0.05) is 22.2 Å². The predicted octanol–water partition coefficient (Wildman–Crippen LogP) is 6.37. The van der Waals surface area contributed by atoms with E-state index in [4.69, 9.17) is 21.1 Å². The number of carbonyl (C=O) groups is 1. The molecule has 154 valence electrons. The van der Waals surface area contributed by atoms with Crippen molar-refractivity contribution in [2.45, 2.75) is 13.2 Å². The molecule has 0 saturated carbocycles. The second kappa shape index (κ2) is 9.92. The number of ether oxygens (including phenoxy) is 2. The van der Waals surface area contributed by atoms with Gasteiger partial charge in [-0.05, 0) is 41.0 Å². The normalized spacial score (nSPS) is 10.5. The van der Waals surface area contributed by atoms with E-state index < -0.39 is 0 Å². The van der Waals surface area contributed by atoms with E-state index in [1.807, 2.05) is 66.7 Å². The number of aldehydes is 1. The zero-order valence-electron chi connectivity index (χ0n) is 16.7. The summed E-state index contributed by atoms with van der Waals surface area (Å²) in [5.74, 6) is 0.863. The van der Waals surface area contributed by atoms with Crippen molar-refractivity contribution in [1.29, 1.82) is 0 Å². The number of hydrogen-bond acceptors (Lipinski definition) is 4. The first kappa shape index (κ1) is 20.6. The van der Waals surface area contributed by atoms with Crippen LogP contribution in [-0.2, 0) is 13.2 Å². The Morgan fingerprint density at radius 1 is 0.774 bits per heavy atom. The molecule has 0 amide bonds. The van der Waals surface area contributed by atoms with Crippen molar-refractivity contribution >= 4 is 17.9 Å². The number of nitrogens with zero attached hydrogens (tertiary/aromatic N) is 1. The van der Waals surface area contributed by atoms with Crippen LogP contribution in [0.15, 0.2) is 91.0 Å². The summed E-state index contributed by atoms with van der Waals surface area (Å²) in [5.41, 5.74) is 4.03. The van der Waals surface area contributed by atoms with Gasteiger partial charge in [0.05, 0.1) is 0 Å². The highest BCUT2D eigenvalue weighted by Crippen LogP contribution is 2.33. The molecule has 0 spiro atoms. The molecule has 3 aromatic carbocycles. The summed E-state index contributed by atoms with van der Waals surface area (Å²) in [7, 11) is 0. The van der Waals surface area contributed by atoms with Gasteiger partial charge in [-0.1, -0.05) is 72.3 Å². The molecular weight excluding hydrogens is 410 g/mol. The van der Waals surface area contributed by atoms with Gasteiger partial charge in [0.2, 0.25) is 11.8 Å². The van der Waals surface area contributed by atoms with Crippen LogP contribution in [0, 0.1) is 0 Å². The van der Waals surface area contributed by atoms with E-state index >= 15 is 0 Å². The molecule has 4 aromatic rings. The Labute approximate surface area is 186 Å². The third kappa shape index (κ3) is 5.50. The molecule has 1 aromatic heterocycles. The molecular formula is C26H20ClNO3. The minimum absolute atomic E-state index is 0.351. The zero-order chi connectivity index (χ0) is 21.5. The van der Waals surface area contributed by atoms with E-state index in [1.165, 1.54) is 0 Å². The van der Waals surface area contributed by atoms with Crippen molar-refractivity contribution in [2.24, 2.45) is 0 Å². The largest absolute Gasteiger partial charge is 0.473 e. The maximum absolute atomic E-state index is 11.3. The van der Waals surface area contributed by atoms with Crippen LogP contribution >= 0.6 is 11.6 Å². The van der Waals surface area contributed by atoms with Crippen LogP contribution in [0.3, 0.4) is 0 Å². The summed E-state index contributed by atoms with van der Waals surface area (Å²) >= 11 is 6.21. The Kier molecular flexibility index (Phi) is 6.60. The highest BCUT2D eigenvalue weighted by molar-refractivity contribution is 6.31. The minimum atomic E-state index is 0.351. The van der Waals surface area contributed by atoms with E-state index in [9.17, 15) is 4.79 Å². The number of benzene rings is 3. The standard InChI is InChI=1S/C26H20ClNO3/c27-23-14-21(16-29)13-22(15-23)24-11-12-25(30-17-19-7-3-1-4-8-19)28-26(24)31-18-20-9-5-2-6-10-20/h1-16H,17-18H2. The van der Waals surface area contributed by atoms with Gasteiger partial charge in [-0.3, -0.25) is 4.79 Å². The highest BCUT2D eigenvalue weighted by Gasteiger charge is 2.13. The van der Waals surface area contributed by atoms with Crippen LogP contribution in [0.4, 0.5) is 0 Å². The van der Waals surface area contributed by atoms with Gasteiger partial charge < -0.3 is 9.47 Å². The third-order valence-electron chi connectivity index (χ3n) is 4.65. The Morgan fingerprint density at radius 2 is 1.42 bits per heavy atom. The van der Waals surface area contributed by atoms with Crippen LogP contribution in [0.2, 0.25) is 5.02 Å². The Balaban J connectivity index is 1.64. The smallest absolute Gasteiger partial charge is 0.225 e. The Hall–Kier alpha value is -3.63. The number of rotatable bonds is 8. The highest BCUT2D eigenvalue weighted by atomic mass is 35.5. The van der Waals surface area contributed by atoms with Crippen molar-refractivity contribution in [1.82, 2.24) is 4.98 Å². The lowest BCUT2D eigenvalue weighted by molar-refractivity contribution is 0.112. The molecule has 0 unspecified atom stereocenters. The van der Waals surface area contributed by atoms with Crippen LogP contribution in [0.25, 0.3) is 11.1 Å². The lowest BCUT2D eigenvalue weighted by Gasteiger charge is -2.14. The van der Waals surface area contributed by atoms with Gasteiger partial charge in [-0.15, -0.1) is 0 Å². The molecule has 31 heavy (non-hydrogen) atoms. The molecule has 0 N–H and O–H groups in total. The van der Waals surface area contributed by atoms with E-state index in [1.54, 1.807) is 24.3 Å². The molecule has 0 bridgehead atoms. The van der Waals surface area contributed by atoms with Gasteiger partial charge in [0.1, 0.15) is 19.5 Å². The first-order valence-corrected chi connectivity index (χ1v) is 10.2. The molecule has 0 aliphatic rings.